The molecule has 0 spiro atoms. The summed E-state index contributed by atoms with van der Waals surface area (Å²) in [5.74, 6) is -0.316. The van der Waals surface area contributed by atoms with Gasteiger partial charge in [-0.3, -0.25) is 15.0 Å². The highest BCUT2D eigenvalue weighted by Gasteiger charge is 2.31. The lowest BCUT2D eigenvalue weighted by atomic mass is 10.1. The van der Waals surface area contributed by atoms with E-state index in [-0.39, 0.29) is 30.4 Å². The topological polar surface area (TPSA) is 161 Å². The van der Waals surface area contributed by atoms with Gasteiger partial charge in [0.05, 0.1) is 35.4 Å². The van der Waals surface area contributed by atoms with Crippen molar-refractivity contribution in [1.29, 1.82) is 5.26 Å². The number of nitrogens with two attached hydrogens (primary N) is 1. The number of rotatable bonds is 6. The molecule has 3 rings (SSSR count). The van der Waals surface area contributed by atoms with Crippen LogP contribution in [0.25, 0.3) is 11.6 Å². The molecule has 31 heavy (non-hydrogen) atoms. The van der Waals surface area contributed by atoms with Crippen molar-refractivity contribution in [3.63, 3.8) is 0 Å². The summed E-state index contributed by atoms with van der Waals surface area (Å²) in [4.78, 5) is 33.0. The summed E-state index contributed by atoms with van der Waals surface area (Å²) in [6.45, 7) is 3.26. The lowest BCUT2D eigenvalue weighted by Crippen LogP contribution is -2.32. The predicted molar refractivity (Wildman–Crippen MR) is 110 cm³/mol. The molecule has 0 aliphatic heterocycles. The van der Waals surface area contributed by atoms with E-state index in [0.29, 0.717) is 16.8 Å². The van der Waals surface area contributed by atoms with Gasteiger partial charge in [0.15, 0.2) is 0 Å². The van der Waals surface area contributed by atoms with Gasteiger partial charge in [-0.15, -0.1) is 0 Å². The van der Waals surface area contributed by atoms with Gasteiger partial charge in [-0.1, -0.05) is 12.1 Å². The summed E-state index contributed by atoms with van der Waals surface area (Å²) in [5.41, 5.74) is 6.81. The Morgan fingerprint density at radius 1 is 1.39 bits per heavy atom. The van der Waals surface area contributed by atoms with Crippen LogP contribution >= 0.6 is 0 Å². The van der Waals surface area contributed by atoms with Gasteiger partial charge in [0.25, 0.3) is 0 Å². The van der Waals surface area contributed by atoms with Crippen LogP contribution in [0, 0.1) is 28.4 Å². The predicted octanol–water partition coefficient (Wildman–Crippen LogP) is 3.57. The van der Waals surface area contributed by atoms with Crippen molar-refractivity contribution in [2.24, 2.45) is 0 Å². The standard InChI is InChI=1S/C20H18N6O5/c1-3-30-20(27)25(10-14-6-4-5-13(7-14)9-21)16-8-15(19-23-12(2)11-31-19)24-18(22)17(16)26(28)29/h4-8,11H,3,10H2,1-2H3,(H2,22,24). The number of benzene rings is 1. The first-order valence-corrected chi connectivity index (χ1v) is 9.14. The van der Waals surface area contributed by atoms with Crippen molar-refractivity contribution < 1.29 is 18.9 Å². The molecule has 1 aromatic carbocycles. The molecule has 0 fully saturated rings. The number of hydrogen-bond donors (Lipinski definition) is 1. The van der Waals surface area contributed by atoms with Crippen molar-refractivity contribution in [1.82, 2.24) is 9.97 Å². The molecule has 0 aliphatic carbocycles. The van der Waals surface area contributed by atoms with E-state index in [4.69, 9.17) is 20.1 Å². The third-order valence-electron chi connectivity index (χ3n) is 4.20. The number of nitrogen functional groups attached to an aromatic ring is 1. The zero-order valence-electron chi connectivity index (χ0n) is 16.7. The molecule has 11 heteroatoms. The molecule has 2 heterocycles. The number of carbonyl (C=O) groups is 1. The maximum Gasteiger partial charge on any atom is 0.414 e. The lowest BCUT2D eigenvalue weighted by molar-refractivity contribution is -0.383. The summed E-state index contributed by atoms with van der Waals surface area (Å²) in [6, 6.07) is 9.81. The van der Waals surface area contributed by atoms with Gasteiger partial charge < -0.3 is 14.9 Å². The maximum absolute atomic E-state index is 12.8. The van der Waals surface area contributed by atoms with Gasteiger partial charge in [0, 0.05) is 6.07 Å². The molecule has 0 saturated heterocycles. The average Bonchev–Trinajstić information content (AvgIpc) is 3.17. The summed E-state index contributed by atoms with van der Waals surface area (Å²) in [5, 5.41) is 20.9. The third kappa shape index (κ3) is 4.59. The minimum atomic E-state index is -0.826. The minimum absolute atomic E-state index is 0.0493. The first-order chi connectivity index (χ1) is 14.8. The Balaban J connectivity index is 2.17. The fourth-order valence-electron chi connectivity index (χ4n) is 2.89. The van der Waals surface area contributed by atoms with Gasteiger partial charge in [0.2, 0.25) is 11.7 Å². The number of anilines is 2. The smallest absolute Gasteiger partial charge is 0.414 e. The van der Waals surface area contributed by atoms with Gasteiger partial charge in [-0.05, 0) is 31.5 Å². The van der Waals surface area contributed by atoms with Crippen molar-refractivity contribution >= 4 is 23.3 Å². The highest BCUT2D eigenvalue weighted by molar-refractivity contribution is 5.93. The van der Waals surface area contributed by atoms with E-state index in [0.717, 1.165) is 4.90 Å². The second kappa shape index (κ2) is 8.91. The highest BCUT2D eigenvalue weighted by Crippen LogP contribution is 2.37. The molecule has 0 unspecified atom stereocenters. The first-order valence-electron chi connectivity index (χ1n) is 9.14. The first kappa shape index (κ1) is 21.3. The molecule has 0 aliphatic rings. The molecule has 3 aromatic rings. The van der Waals surface area contributed by atoms with Crippen LogP contribution in [0.15, 0.2) is 41.0 Å². The molecular weight excluding hydrogens is 404 g/mol. The number of hydrogen-bond acceptors (Lipinski definition) is 9. The quantitative estimate of drug-likeness (QED) is 0.462. The van der Waals surface area contributed by atoms with Crippen LogP contribution in [0.1, 0.15) is 23.7 Å². The number of aryl methyl sites for hydroxylation is 1. The zero-order valence-corrected chi connectivity index (χ0v) is 16.7. The third-order valence-corrected chi connectivity index (χ3v) is 4.20. The van der Waals surface area contributed by atoms with Crippen molar-refractivity contribution in [3.05, 3.63) is 63.5 Å². The molecule has 158 valence electrons. The van der Waals surface area contributed by atoms with Crippen LogP contribution in [0.4, 0.5) is 22.0 Å². The van der Waals surface area contributed by atoms with Gasteiger partial charge in [-0.2, -0.15) is 5.26 Å². The van der Waals surface area contributed by atoms with Crippen molar-refractivity contribution in [2.75, 3.05) is 17.2 Å². The van der Waals surface area contributed by atoms with Crippen molar-refractivity contribution in [3.8, 4) is 17.7 Å². The lowest BCUT2D eigenvalue weighted by Gasteiger charge is -2.22. The van der Waals surface area contributed by atoms with Crippen molar-refractivity contribution in [2.45, 2.75) is 20.4 Å². The number of amides is 1. The average molecular weight is 422 g/mol. The Morgan fingerprint density at radius 3 is 2.77 bits per heavy atom. The Hall–Kier alpha value is -4.46. The summed E-state index contributed by atoms with van der Waals surface area (Å²) in [7, 11) is 0. The number of oxazole rings is 1. The molecule has 0 atom stereocenters. The van der Waals surface area contributed by atoms with Crippen LogP contribution in [0.5, 0.6) is 0 Å². The molecule has 0 radical (unpaired) electrons. The van der Waals surface area contributed by atoms with Gasteiger partial charge >= 0.3 is 11.8 Å². The van der Waals surface area contributed by atoms with Gasteiger partial charge in [0.1, 0.15) is 17.6 Å². The van der Waals surface area contributed by atoms with Crippen LogP contribution in [-0.2, 0) is 11.3 Å². The number of nitro groups is 1. The molecule has 0 bridgehead atoms. The number of pyridine rings is 1. The normalized spacial score (nSPS) is 10.4. The van der Waals surface area contributed by atoms with Crippen LogP contribution in [0.3, 0.4) is 0 Å². The van der Waals surface area contributed by atoms with E-state index in [9.17, 15) is 14.9 Å². The van der Waals surface area contributed by atoms with Crippen LogP contribution < -0.4 is 10.6 Å². The molecule has 1 amide bonds. The molecular formula is C20H18N6O5. The van der Waals surface area contributed by atoms with E-state index in [2.05, 4.69) is 9.97 Å². The monoisotopic (exact) mass is 422 g/mol. The Bertz CT molecular complexity index is 1180. The molecule has 2 aromatic heterocycles. The number of ether oxygens (including phenoxy) is 1. The van der Waals surface area contributed by atoms with Crippen LogP contribution in [-0.4, -0.2) is 27.6 Å². The summed E-state index contributed by atoms with van der Waals surface area (Å²) < 4.78 is 10.4. The van der Waals surface area contributed by atoms with E-state index < -0.39 is 22.5 Å². The second-order valence-electron chi connectivity index (χ2n) is 6.41. The fraction of sp³-hybridized carbons (Fsp3) is 0.200. The Morgan fingerprint density at radius 2 is 2.16 bits per heavy atom. The number of aromatic nitrogens is 2. The minimum Gasteiger partial charge on any atom is -0.449 e. The zero-order chi connectivity index (χ0) is 22.5. The molecule has 0 saturated carbocycles. The number of carbonyl (C=O) groups excluding carboxylic acids is 1. The van der Waals surface area contributed by atoms with E-state index in [1.54, 1.807) is 38.1 Å². The Labute approximate surface area is 176 Å². The summed E-state index contributed by atoms with van der Waals surface area (Å²) in [6.07, 6.45) is 0.568. The summed E-state index contributed by atoms with van der Waals surface area (Å²) >= 11 is 0. The van der Waals surface area contributed by atoms with E-state index >= 15 is 0 Å². The largest absolute Gasteiger partial charge is 0.449 e. The molecule has 11 nitrogen and oxygen atoms in total. The fourth-order valence-corrected chi connectivity index (χ4v) is 2.89. The maximum atomic E-state index is 12.8. The SMILES string of the molecule is CCOC(=O)N(Cc1cccc(C#N)c1)c1cc(-c2nc(C)co2)nc(N)c1[N+](=O)[O-]. The number of nitriles is 1. The van der Waals surface area contributed by atoms with E-state index in [1.165, 1.54) is 12.3 Å². The number of nitrogens with zero attached hydrogens (tertiary/aromatic N) is 5. The van der Waals surface area contributed by atoms with Gasteiger partial charge in [-0.25, -0.2) is 14.8 Å². The Kier molecular flexibility index (Phi) is 6.11. The second-order valence-corrected chi connectivity index (χ2v) is 6.41. The highest BCUT2D eigenvalue weighted by atomic mass is 16.6. The molecule has 2 N–H and O–H groups in total. The van der Waals surface area contributed by atoms with Crippen LogP contribution in [0.2, 0.25) is 0 Å². The van der Waals surface area contributed by atoms with E-state index in [1.807, 2.05) is 6.07 Å².